The summed E-state index contributed by atoms with van der Waals surface area (Å²) < 4.78 is 5.26. The Balaban J connectivity index is 1.48. The number of amides is 2. The first-order chi connectivity index (χ1) is 11.6. The maximum atomic E-state index is 12.3. The quantitative estimate of drug-likeness (QED) is 0.812. The van der Waals surface area contributed by atoms with E-state index in [0.29, 0.717) is 26.1 Å². The molecule has 0 bridgehead atoms. The molecule has 1 fully saturated rings. The topological polar surface area (TPSA) is 70.6 Å². The zero-order valence-electron chi connectivity index (χ0n) is 13.6. The molecule has 2 amide bonds. The average molecular weight is 326 g/mol. The lowest BCUT2D eigenvalue weighted by molar-refractivity contribution is -0.0598. The standard InChI is InChI=1S/C19H22N2O3/c22-18(20-12-19(23)8-10-24-11-9-19)21-16-7-6-14-5-4-13-2-1-3-15(16)17(13)14/h1-3,6-7,23H,4-5,8-12H2,(H2,20,21,22). The molecule has 1 aliphatic heterocycles. The minimum absolute atomic E-state index is 0.240. The highest BCUT2D eigenvalue weighted by Gasteiger charge is 2.30. The molecule has 2 aromatic carbocycles. The summed E-state index contributed by atoms with van der Waals surface area (Å²) in [5, 5.41) is 18.5. The summed E-state index contributed by atoms with van der Waals surface area (Å²) in [6.07, 6.45) is 3.23. The summed E-state index contributed by atoms with van der Waals surface area (Å²) in [7, 11) is 0. The Hall–Kier alpha value is -2.11. The van der Waals surface area contributed by atoms with Crippen LogP contribution in [0.25, 0.3) is 10.8 Å². The molecular weight excluding hydrogens is 304 g/mol. The minimum atomic E-state index is -0.863. The number of benzene rings is 2. The number of carbonyl (C=O) groups is 1. The third-order valence-corrected chi connectivity index (χ3v) is 5.13. The van der Waals surface area contributed by atoms with Crippen LogP contribution in [0.15, 0.2) is 30.3 Å². The van der Waals surface area contributed by atoms with Gasteiger partial charge >= 0.3 is 6.03 Å². The van der Waals surface area contributed by atoms with Crippen molar-refractivity contribution in [2.24, 2.45) is 0 Å². The van der Waals surface area contributed by atoms with E-state index < -0.39 is 5.60 Å². The summed E-state index contributed by atoms with van der Waals surface area (Å²) in [6, 6.07) is 10.0. The van der Waals surface area contributed by atoms with Crippen LogP contribution in [-0.4, -0.2) is 36.5 Å². The fourth-order valence-corrected chi connectivity index (χ4v) is 3.70. The van der Waals surface area contributed by atoms with Crippen LogP contribution in [0.4, 0.5) is 10.5 Å². The van der Waals surface area contributed by atoms with Crippen LogP contribution >= 0.6 is 0 Å². The van der Waals surface area contributed by atoms with Gasteiger partial charge in [-0.2, -0.15) is 0 Å². The van der Waals surface area contributed by atoms with Crippen molar-refractivity contribution in [3.63, 3.8) is 0 Å². The van der Waals surface area contributed by atoms with E-state index in [1.54, 1.807) is 0 Å². The van der Waals surface area contributed by atoms with E-state index >= 15 is 0 Å². The third-order valence-electron chi connectivity index (χ3n) is 5.13. The molecule has 0 spiro atoms. The summed E-state index contributed by atoms with van der Waals surface area (Å²) in [5.74, 6) is 0. The largest absolute Gasteiger partial charge is 0.388 e. The fraction of sp³-hybridized carbons (Fsp3) is 0.421. The van der Waals surface area contributed by atoms with E-state index in [9.17, 15) is 9.90 Å². The zero-order valence-corrected chi connectivity index (χ0v) is 13.6. The van der Waals surface area contributed by atoms with E-state index in [-0.39, 0.29) is 12.6 Å². The highest BCUT2D eigenvalue weighted by molar-refractivity contribution is 6.04. The van der Waals surface area contributed by atoms with Crippen LogP contribution in [0.3, 0.4) is 0 Å². The number of urea groups is 1. The molecule has 1 aliphatic carbocycles. The number of aliphatic hydroxyl groups is 1. The van der Waals surface area contributed by atoms with Crippen molar-refractivity contribution in [1.29, 1.82) is 0 Å². The van der Waals surface area contributed by atoms with Crippen LogP contribution in [0.5, 0.6) is 0 Å². The van der Waals surface area contributed by atoms with E-state index in [4.69, 9.17) is 4.74 Å². The first kappa shape index (κ1) is 15.4. The Bertz CT molecular complexity index is 771. The molecule has 126 valence electrons. The van der Waals surface area contributed by atoms with Crippen molar-refractivity contribution in [2.45, 2.75) is 31.3 Å². The van der Waals surface area contributed by atoms with Gasteiger partial charge in [-0.15, -0.1) is 0 Å². The van der Waals surface area contributed by atoms with Gasteiger partial charge in [-0.25, -0.2) is 4.79 Å². The first-order valence-corrected chi connectivity index (χ1v) is 8.53. The number of hydrogen-bond donors (Lipinski definition) is 3. The molecule has 24 heavy (non-hydrogen) atoms. The molecule has 4 rings (SSSR count). The van der Waals surface area contributed by atoms with Gasteiger partial charge in [0, 0.05) is 38.0 Å². The number of rotatable bonds is 3. The van der Waals surface area contributed by atoms with E-state index in [1.807, 2.05) is 12.1 Å². The van der Waals surface area contributed by atoms with Crippen LogP contribution in [-0.2, 0) is 17.6 Å². The van der Waals surface area contributed by atoms with Gasteiger partial charge in [0.05, 0.1) is 11.3 Å². The summed E-state index contributed by atoms with van der Waals surface area (Å²) in [4.78, 5) is 12.3. The molecule has 0 atom stereocenters. The van der Waals surface area contributed by atoms with Crippen LogP contribution < -0.4 is 10.6 Å². The Labute approximate surface area is 141 Å². The van der Waals surface area contributed by atoms with Gasteiger partial charge in [0.15, 0.2) is 0 Å². The SMILES string of the molecule is O=C(NCC1(O)CCOCC1)Nc1ccc2c3c(cccc13)CC2. The second-order valence-electron chi connectivity index (χ2n) is 6.76. The monoisotopic (exact) mass is 326 g/mol. The smallest absolute Gasteiger partial charge is 0.319 e. The summed E-state index contributed by atoms with van der Waals surface area (Å²) in [5.41, 5.74) is 2.65. The molecule has 0 radical (unpaired) electrons. The number of hydrogen-bond acceptors (Lipinski definition) is 3. The van der Waals surface area contributed by atoms with Crippen LogP contribution in [0, 0.1) is 0 Å². The molecule has 0 unspecified atom stereocenters. The Kier molecular flexibility index (Phi) is 3.90. The van der Waals surface area contributed by atoms with E-state index in [1.165, 1.54) is 16.5 Å². The number of ether oxygens (including phenoxy) is 1. The summed E-state index contributed by atoms with van der Waals surface area (Å²) >= 11 is 0. The highest BCUT2D eigenvalue weighted by atomic mass is 16.5. The van der Waals surface area contributed by atoms with Crippen molar-refractivity contribution in [3.8, 4) is 0 Å². The van der Waals surface area contributed by atoms with Gasteiger partial charge in [0.2, 0.25) is 0 Å². The molecule has 5 nitrogen and oxygen atoms in total. The van der Waals surface area contributed by atoms with Crippen LogP contribution in [0.2, 0.25) is 0 Å². The minimum Gasteiger partial charge on any atom is -0.388 e. The first-order valence-electron chi connectivity index (χ1n) is 8.53. The molecule has 0 saturated carbocycles. The number of anilines is 1. The molecule has 0 aromatic heterocycles. The predicted molar refractivity (Wildman–Crippen MR) is 93.4 cm³/mol. The maximum absolute atomic E-state index is 12.3. The van der Waals surface area contributed by atoms with Gasteiger partial charge in [-0.3, -0.25) is 0 Å². The Morgan fingerprint density at radius 2 is 1.88 bits per heavy atom. The highest BCUT2D eigenvalue weighted by Crippen LogP contribution is 2.34. The van der Waals surface area contributed by atoms with Gasteiger partial charge in [0.1, 0.15) is 0 Å². The number of nitrogens with one attached hydrogen (secondary N) is 2. The zero-order chi connectivity index (χ0) is 16.6. The second kappa shape index (κ2) is 6.07. The molecule has 3 N–H and O–H groups in total. The van der Waals surface area contributed by atoms with Gasteiger partial charge < -0.3 is 20.5 Å². The molecular formula is C19H22N2O3. The Morgan fingerprint density at radius 1 is 1.12 bits per heavy atom. The van der Waals surface area contributed by atoms with Gasteiger partial charge in [0.25, 0.3) is 0 Å². The molecule has 1 saturated heterocycles. The summed E-state index contributed by atoms with van der Waals surface area (Å²) in [6.45, 7) is 1.31. The maximum Gasteiger partial charge on any atom is 0.319 e. The van der Waals surface area contributed by atoms with Crippen LogP contribution in [0.1, 0.15) is 24.0 Å². The lowest BCUT2D eigenvalue weighted by Gasteiger charge is -2.32. The number of aryl methyl sites for hydroxylation is 2. The lowest BCUT2D eigenvalue weighted by Crippen LogP contribution is -2.47. The van der Waals surface area contributed by atoms with Crippen molar-refractivity contribution in [1.82, 2.24) is 5.32 Å². The molecule has 1 heterocycles. The predicted octanol–water partition coefficient (Wildman–Crippen LogP) is 2.60. The molecule has 2 aromatic rings. The van der Waals surface area contributed by atoms with Gasteiger partial charge in [-0.05, 0) is 35.4 Å². The van der Waals surface area contributed by atoms with E-state index in [2.05, 4.69) is 28.8 Å². The van der Waals surface area contributed by atoms with Crippen molar-refractivity contribution in [2.75, 3.05) is 25.1 Å². The third kappa shape index (κ3) is 2.85. The fourth-order valence-electron chi connectivity index (χ4n) is 3.70. The normalized spacial score (nSPS) is 18.5. The Morgan fingerprint density at radius 3 is 2.67 bits per heavy atom. The lowest BCUT2D eigenvalue weighted by atomic mass is 9.94. The number of carbonyl (C=O) groups excluding carboxylic acids is 1. The molecule has 5 heteroatoms. The van der Waals surface area contributed by atoms with Crippen molar-refractivity contribution >= 4 is 22.5 Å². The average Bonchev–Trinajstić information content (AvgIpc) is 3.01. The molecule has 2 aliphatic rings. The van der Waals surface area contributed by atoms with E-state index in [0.717, 1.165) is 23.9 Å². The second-order valence-corrected chi connectivity index (χ2v) is 6.76. The van der Waals surface area contributed by atoms with Gasteiger partial charge in [-0.1, -0.05) is 24.3 Å². The van der Waals surface area contributed by atoms with Crippen molar-refractivity contribution in [3.05, 3.63) is 41.5 Å². The van der Waals surface area contributed by atoms with Crippen molar-refractivity contribution < 1.29 is 14.6 Å².